The zero-order valence-electron chi connectivity index (χ0n) is 21.4. The Balaban J connectivity index is 1.23. The molecule has 0 saturated heterocycles. The molecule has 0 heteroatoms. The molecule has 0 bridgehead atoms. The highest BCUT2D eigenvalue weighted by molar-refractivity contribution is 5.65. The third-order valence-electron chi connectivity index (χ3n) is 8.54. The van der Waals surface area contributed by atoms with Crippen molar-refractivity contribution in [3.63, 3.8) is 0 Å². The van der Waals surface area contributed by atoms with Crippen LogP contribution in [0.5, 0.6) is 0 Å². The van der Waals surface area contributed by atoms with E-state index < -0.39 is 0 Å². The predicted molar refractivity (Wildman–Crippen MR) is 151 cm³/mol. The molecule has 1 atom stereocenters. The predicted octanol–water partition coefficient (Wildman–Crippen LogP) is 9.59. The Morgan fingerprint density at radius 1 is 0.743 bits per heavy atom. The number of allylic oxidation sites excluding steroid dienone is 3. The molecule has 1 saturated carbocycles. The number of fused-ring (bicyclic) bond motifs is 1. The Hall–Kier alpha value is -2.86. The normalized spacial score (nSPS) is 22.1. The number of aryl methyl sites for hydroxylation is 2. The minimum absolute atomic E-state index is 0.647. The lowest BCUT2D eigenvalue weighted by Gasteiger charge is -2.27. The van der Waals surface area contributed by atoms with Gasteiger partial charge in [0, 0.05) is 0 Å². The minimum Gasteiger partial charge on any atom is -0.103 e. The molecule has 0 heterocycles. The van der Waals surface area contributed by atoms with E-state index in [1.54, 1.807) is 5.56 Å². The molecule has 0 aliphatic heterocycles. The van der Waals surface area contributed by atoms with Crippen LogP contribution in [-0.4, -0.2) is 0 Å². The van der Waals surface area contributed by atoms with Gasteiger partial charge in [0.05, 0.1) is 0 Å². The first-order valence-electron chi connectivity index (χ1n) is 13.8. The lowest BCUT2D eigenvalue weighted by atomic mass is 9.78. The molecule has 0 spiro atoms. The average molecular weight is 461 g/mol. The molecule has 1 fully saturated rings. The second kappa shape index (κ2) is 11.3. The van der Waals surface area contributed by atoms with E-state index in [2.05, 4.69) is 98.5 Å². The molecule has 3 aromatic rings. The van der Waals surface area contributed by atoms with E-state index in [0.29, 0.717) is 5.92 Å². The van der Waals surface area contributed by atoms with Crippen LogP contribution in [0, 0.1) is 5.92 Å². The van der Waals surface area contributed by atoms with Crippen LogP contribution in [0.15, 0.2) is 91.5 Å². The topological polar surface area (TPSA) is 0 Å². The fourth-order valence-electron chi connectivity index (χ4n) is 6.23. The van der Waals surface area contributed by atoms with Crippen molar-refractivity contribution in [1.82, 2.24) is 0 Å². The van der Waals surface area contributed by atoms with Crippen molar-refractivity contribution in [2.24, 2.45) is 5.92 Å². The molecule has 2 aliphatic carbocycles. The Kier molecular flexibility index (Phi) is 7.67. The number of rotatable bonds is 7. The fraction of sp³-hybridized carbons (Fsp3) is 0.371. The van der Waals surface area contributed by atoms with Crippen LogP contribution in [0.3, 0.4) is 0 Å². The summed E-state index contributed by atoms with van der Waals surface area (Å²) in [5, 5.41) is 0. The van der Waals surface area contributed by atoms with Crippen molar-refractivity contribution in [3.8, 4) is 11.1 Å². The van der Waals surface area contributed by atoms with Gasteiger partial charge in [0.1, 0.15) is 0 Å². The Bertz CT molecular complexity index is 1140. The SMILES string of the molecule is C=CC1CCC(c2ccc(-c3ccc4c(c3)CCC(c3ccc(CC/C=C/C)cc3)C4)cc2)CC1. The zero-order chi connectivity index (χ0) is 24.0. The summed E-state index contributed by atoms with van der Waals surface area (Å²) in [6.45, 7) is 6.09. The summed E-state index contributed by atoms with van der Waals surface area (Å²) in [7, 11) is 0. The third-order valence-corrected chi connectivity index (χ3v) is 8.54. The van der Waals surface area contributed by atoms with E-state index in [4.69, 9.17) is 0 Å². The van der Waals surface area contributed by atoms with Crippen LogP contribution in [0.4, 0.5) is 0 Å². The molecule has 5 rings (SSSR count). The third kappa shape index (κ3) is 5.69. The molecule has 2 aliphatic rings. The van der Waals surface area contributed by atoms with Gasteiger partial charge < -0.3 is 0 Å². The maximum Gasteiger partial charge on any atom is -0.0118 e. The van der Waals surface area contributed by atoms with E-state index in [-0.39, 0.29) is 0 Å². The van der Waals surface area contributed by atoms with Gasteiger partial charge in [-0.1, -0.05) is 85.0 Å². The molecule has 3 aromatic carbocycles. The van der Waals surface area contributed by atoms with Crippen LogP contribution >= 0.6 is 0 Å². The number of hydrogen-bond donors (Lipinski definition) is 0. The maximum absolute atomic E-state index is 3.99. The molecular weight excluding hydrogens is 420 g/mol. The molecule has 0 N–H and O–H groups in total. The minimum atomic E-state index is 0.647. The summed E-state index contributed by atoms with van der Waals surface area (Å²) < 4.78 is 0. The van der Waals surface area contributed by atoms with Crippen LogP contribution in [0.1, 0.15) is 85.1 Å². The largest absolute Gasteiger partial charge is 0.103 e. The summed E-state index contributed by atoms with van der Waals surface area (Å²) in [5.74, 6) is 2.10. The van der Waals surface area contributed by atoms with Gasteiger partial charge in [0.2, 0.25) is 0 Å². The number of hydrogen-bond acceptors (Lipinski definition) is 0. The van der Waals surface area contributed by atoms with Crippen molar-refractivity contribution in [3.05, 3.63) is 119 Å². The van der Waals surface area contributed by atoms with E-state index in [1.807, 2.05) is 0 Å². The van der Waals surface area contributed by atoms with Gasteiger partial charge >= 0.3 is 0 Å². The van der Waals surface area contributed by atoms with Gasteiger partial charge in [0.25, 0.3) is 0 Å². The smallest absolute Gasteiger partial charge is 0.0118 e. The molecule has 0 aromatic heterocycles. The van der Waals surface area contributed by atoms with E-state index >= 15 is 0 Å². The van der Waals surface area contributed by atoms with E-state index in [9.17, 15) is 0 Å². The van der Waals surface area contributed by atoms with Crippen LogP contribution < -0.4 is 0 Å². The quantitative estimate of drug-likeness (QED) is 0.308. The molecule has 35 heavy (non-hydrogen) atoms. The summed E-state index contributed by atoms with van der Waals surface area (Å²) in [6.07, 6.45) is 17.6. The van der Waals surface area contributed by atoms with Crippen molar-refractivity contribution in [1.29, 1.82) is 0 Å². The Labute approximate surface area is 212 Å². The van der Waals surface area contributed by atoms with E-state index in [0.717, 1.165) is 24.7 Å². The second-order valence-corrected chi connectivity index (χ2v) is 10.7. The van der Waals surface area contributed by atoms with Crippen molar-refractivity contribution < 1.29 is 0 Å². The first-order valence-corrected chi connectivity index (χ1v) is 13.8. The average Bonchev–Trinajstić information content (AvgIpc) is 2.93. The monoisotopic (exact) mass is 460 g/mol. The Morgan fingerprint density at radius 2 is 1.43 bits per heavy atom. The maximum atomic E-state index is 3.99. The summed E-state index contributed by atoms with van der Waals surface area (Å²) in [4.78, 5) is 0. The highest BCUT2D eigenvalue weighted by Gasteiger charge is 2.22. The van der Waals surface area contributed by atoms with Crippen LogP contribution in [0.2, 0.25) is 0 Å². The lowest BCUT2D eigenvalue weighted by Crippen LogP contribution is -2.13. The molecular formula is C35H40. The van der Waals surface area contributed by atoms with Crippen LogP contribution in [0.25, 0.3) is 11.1 Å². The van der Waals surface area contributed by atoms with Crippen molar-refractivity contribution >= 4 is 0 Å². The first kappa shape index (κ1) is 23.9. The Morgan fingerprint density at radius 3 is 2.14 bits per heavy atom. The molecule has 180 valence electrons. The second-order valence-electron chi connectivity index (χ2n) is 10.7. The van der Waals surface area contributed by atoms with Crippen molar-refractivity contribution in [2.75, 3.05) is 0 Å². The lowest BCUT2D eigenvalue weighted by molar-refractivity contribution is 0.376. The van der Waals surface area contributed by atoms with Gasteiger partial charge in [-0.3, -0.25) is 0 Å². The first-order chi connectivity index (χ1) is 17.2. The van der Waals surface area contributed by atoms with Gasteiger partial charge in [-0.2, -0.15) is 0 Å². The summed E-state index contributed by atoms with van der Waals surface area (Å²) in [5.41, 5.74) is 10.3. The molecule has 1 unspecified atom stereocenters. The standard InChI is InChI=1S/C35H40/c1-3-5-6-7-27-10-14-30(15-11-27)32-20-22-35-25-33(21-23-34(35)24-32)31-18-16-29(17-19-31)28-12-8-26(4-2)9-13-28/h3-5,10-11,14-19,21,23,25-26,28,32H,2,6-9,12-13,20,22,24H2,1H3/b5-3+. The van der Waals surface area contributed by atoms with Crippen molar-refractivity contribution in [2.45, 2.75) is 76.5 Å². The van der Waals surface area contributed by atoms with Gasteiger partial charge in [-0.05, 0) is 121 Å². The highest BCUT2D eigenvalue weighted by Crippen LogP contribution is 2.38. The molecule has 0 amide bonds. The van der Waals surface area contributed by atoms with E-state index in [1.165, 1.54) is 78.3 Å². The summed E-state index contributed by atoms with van der Waals surface area (Å²) in [6, 6.07) is 26.1. The fourth-order valence-corrected chi connectivity index (χ4v) is 6.23. The van der Waals surface area contributed by atoms with Gasteiger partial charge in [-0.25, -0.2) is 0 Å². The summed E-state index contributed by atoms with van der Waals surface area (Å²) >= 11 is 0. The van der Waals surface area contributed by atoms with Gasteiger partial charge in [0.15, 0.2) is 0 Å². The van der Waals surface area contributed by atoms with Crippen LogP contribution in [-0.2, 0) is 19.3 Å². The highest BCUT2D eigenvalue weighted by atomic mass is 14.3. The molecule has 0 nitrogen and oxygen atoms in total. The van der Waals surface area contributed by atoms with Gasteiger partial charge in [-0.15, -0.1) is 6.58 Å². The zero-order valence-corrected chi connectivity index (χ0v) is 21.4. The molecule has 0 radical (unpaired) electrons. The number of benzene rings is 3.